The fraction of sp³-hybridized carbons (Fsp3) is 0.385. The van der Waals surface area contributed by atoms with Crippen molar-refractivity contribution in [2.24, 2.45) is 5.92 Å². The highest BCUT2D eigenvalue weighted by molar-refractivity contribution is 5.99. The highest BCUT2D eigenvalue weighted by atomic mass is 16.5. The summed E-state index contributed by atoms with van der Waals surface area (Å²) in [7, 11) is 0. The number of likely N-dealkylation sites (tertiary alicyclic amines) is 1. The van der Waals surface area contributed by atoms with E-state index in [2.05, 4.69) is 10.6 Å². The molecule has 1 saturated heterocycles. The molecule has 2 aromatic rings. The fourth-order valence-electron chi connectivity index (χ4n) is 3.79. The number of benzene rings is 2. The number of piperidine rings is 1. The Kier molecular flexibility index (Phi) is 8.79. The summed E-state index contributed by atoms with van der Waals surface area (Å²) in [5, 5.41) is 5.38. The minimum absolute atomic E-state index is 0.0694. The van der Waals surface area contributed by atoms with Gasteiger partial charge in [-0.25, -0.2) is 4.79 Å². The predicted molar refractivity (Wildman–Crippen MR) is 127 cm³/mol. The number of Topliss-reactive ketones (excluding diaryl/α,β-unsaturated/α-hetero) is 1. The van der Waals surface area contributed by atoms with Gasteiger partial charge in [0.25, 0.3) is 5.91 Å². The van der Waals surface area contributed by atoms with Gasteiger partial charge in [0, 0.05) is 12.1 Å². The third-order valence-corrected chi connectivity index (χ3v) is 5.58. The van der Waals surface area contributed by atoms with Crippen molar-refractivity contribution < 1.29 is 23.9 Å². The van der Waals surface area contributed by atoms with Crippen LogP contribution in [0.4, 0.5) is 4.79 Å². The first-order chi connectivity index (χ1) is 16.3. The molecule has 0 spiro atoms. The van der Waals surface area contributed by atoms with E-state index in [9.17, 15) is 19.2 Å². The predicted octanol–water partition coefficient (Wildman–Crippen LogP) is 2.93. The maximum absolute atomic E-state index is 12.9. The Morgan fingerprint density at radius 3 is 2.29 bits per heavy atom. The van der Waals surface area contributed by atoms with Crippen LogP contribution in [0.15, 0.2) is 60.7 Å². The molecule has 0 aromatic heterocycles. The van der Waals surface area contributed by atoms with Crippen molar-refractivity contribution >= 4 is 23.7 Å². The Morgan fingerprint density at radius 1 is 1.03 bits per heavy atom. The molecule has 0 radical (unpaired) electrons. The summed E-state index contributed by atoms with van der Waals surface area (Å²) in [6, 6.07) is 16.5. The lowest BCUT2D eigenvalue weighted by Gasteiger charge is -2.32. The highest BCUT2D eigenvalue weighted by Crippen LogP contribution is 2.13. The molecule has 34 heavy (non-hydrogen) atoms. The van der Waals surface area contributed by atoms with Crippen LogP contribution in [0.2, 0.25) is 0 Å². The van der Waals surface area contributed by atoms with E-state index >= 15 is 0 Å². The molecule has 2 N–H and O–H groups in total. The van der Waals surface area contributed by atoms with Gasteiger partial charge in [-0.15, -0.1) is 0 Å². The average molecular weight is 466 g/mol. The largest absolute Gasteiger partial charge is 0.445 e. The monoisotopic (exact) mass is 465 g/mol. The van der Waals surface area contributed by atoms with Crippen LogP contribution < -0.4 is 10.6 Å². The zero-order valence-electron chi connectivity index (χ0n) is 19.5. The van der Waals surface area contributed by atoms with E-state index in [0.717, 1.165) is 5.56 Å². The second-order valence-corrected chi connectivity index (χ2v) is 8.80. The quantitative estimate of drug-likeness (QED) is 0.624. The number of alkyl carbamates (subject to hydrolysis) is 1. The molecular formula is C26H31N3O5. The number of ether oxygens (including phenoxy) is 1. The normalized spacial score (nSPS) is 16.6. The lowest BCUT2D eigenvalue weighted by Crippen LogP contribution is -2.57. The first-order valence-electron chi connectivity index (χ1n) is 11.5. The standard InChI is InChI=1S/C26H31N3O5/c1-18(2)15-22(28-26(33)34-17-19-9-5-3-6-10-19)24(31)27-21-13-14-29(16-23(21)30)25(32)20-11-7-4-8-12-20/h3-12,18,21-22H,13-17H2,1-2H3,(H,27,31)(H,28,33)/t21?,22-/m0/s1. The Morgan fingerprint density at radius 2 is 1.68 bits per heavy atom. The van der Waals surface area contributed by atoms with Crippen LogP contribution in [0, 0.1) is 5.92 Å². The number of nitrogens with zero attached hydrogens (tertiary/aromatic N) is 1. The molecule has 1 aliphatic heterocycles. The van der Waals surface area contributed by atoms with Gasteiger partial charge < -0.3 is 20.3 Å². The summed E-state index contributed by atoms with van der Waals surface area (Å²) in [6.45, 7) is 4.26. The topological polar surface area (TPSA) is 105 Å². The summed E-state index contributed by atoms with van der Waals surface area (Å²) < 4.78 is 5.24. The first-order valence-corrected chi connectivity index (χ1v) is 11.5. The number of hydrogen-bond acceptors (Lipinski definition) is 5. The Balaban J connectivity index is 1.54. The van der Waals surface area contributed by atoms with Gasteiger partial charge in [0.15, 0.2) is 5.78 Å². The van der Waals surface area contributed by atoms with Crippen molar-refractivity contribution in [1.82, 2.24) is 15.5 Å². The first kappa shape index (κ1) is 25.0. The number of rotatable bonds is 8. The van der Waals surface area contributed by atoms with Crippen molar-refractivity contribution in [2.75, 3.05) is 13.1 Å². The third-order valence-electron chi connectivity index (χ3n) is 5.58. The molecule has 8 nitrogen and oxygen atoms in total. The molecule has 180 valence electrons. The van der Waals surface area contributed by atoms with Crippen LogP contribution >= 0.6 is 0 Å². The molecule has 0 saturated carbocycles. The second-order valence-electron chi connectivity index (χ2n) is 8.80. The Bertz CT molecular complexity index is 994. The van der Waals surface area contributed by atoms with Crippen LogP contribution in [0.5, 0.6) is 0 Å². The van der Waals surface area contributed by atoms with Crippen LogP contribution in [0.1, 0.15) is 42.6 Å². The van der Waals surface area contributed by atoms with E-state index in [0.29, 0.717) is 24.9 Å². The van der Waals surface area contributed by atoms with E-state index in [1.807, 2.05) is 50.2 Å². The molecule has 2 aromatic carbocycles. The van der Waals surface area contributed by atoms with E-state index in [4.69, 9.17) is 4.74 Å². The van der Waals surface area contributed by atoms with Gasteiger partial charge in [-0.2, -0.15) is 0 Å². The summed E-state index contributed by atoms with van der Waals surface area (Å²) in [4.78, 5) is 52.0. The number of hydrogen-bond donors (Lipinski definition) is 2. The second kappa shape index (κ2) is 12.0. The van der Waals surface area contributed by atoms with Crippen molar-refractivity contribution in [1.29, 1.82) is 0 Å². The highest BCUT2D eigenvalue weighted by Gasteiger charge is 2.33. The SMILES string of the molecule is CC(C)C[C@H](NC(=O)OCc1ccccc1)C(=O)NC1CCN(C(=O)c2ccccc2)CC1=O. The van der Waals surface area contributed by atoms with Gasteiger partial charge in [0.1, 0.15) is 12.6 Å². The van der Waals surface area contributed by atoms with Gasteiger partial charge in [-0.1, -0.05) is 62.4 Å². The van der Waals surface area contributed by atoms with E-state index in [-0.39, 0.29) is 30.8 Å². The van der Waals surface area contributed by atoms with Crippen molar-refractivity contribution in [2.45, 2.75) is 45.4 Å². The van der Waals surface area contributed by atoms with Crippen LogP contribution in [0.25, 0.3) is 0 Å². The van der Waals surface area contributed by atoms with E-state index < -0.39 is 24.1 Å². The van der Waals surface area contributed by atoms with Crippen LogP contribution in [-0.4, -0.2) is 53.8 Å². The van der Waals surface area contributed by atoms with Crippen molar-refractivity contribution in [3.8, 4) is 0 Å². The number of carbonyl (C=O) groups is 4. The lowest BCUT2D eigenvalue weighted by atomic mass is 9.99. The molecule has 1 unspecified atom stereocenters. The molecular weight excluding hydrogens is 434 g/mol. The lowest BCUT2D eigenvalue weighted by molar-refractivity contribution is -0.130. The number of carbonyl (C=O) groups excluding carboxylic acids is 4. The molecule has 1 aliphatic rings. The zero-order valence-corrected chi connectivity index (χ0v) is 19.5. The Labute approximate surface area is 199 Å². The maximum Gasteiger partial charge on any atom is 0.408 e. The van der Waals surface area contributed by atoms with E-state index in [1.165, 1.54) is 4.90 Å². The van der Waals surface area contributed by atoms with Crippen LogP contribution in [0.3, 0.4) is 0 Å². The molecule has 3 amide bonds. The van der Waals surface area contributed by atoms with Gasteiger partial charge >= 0.3 is 6.09 Å². The number of amides is 3. The molecule has 2 atom stereocenters. The summed E-state index contributed by atoms with van der Waals surface area (Å²) in [6.07, 6.45) is 0.0150. The molecule has 3 rings (SSSR count). The molecule has 8 heteroatoms. The minimum atomic E-state index is -0.833. The summed E-state index contributed by atoms with van der Waals surface area (Å²) >= 11 is 0. The van der Waals surface area contributed by atoms with Crippen LogP contribution in [-0.2, 0) is 20.9 Å². The molecule has 1 heterocycles. The van der Waals surface area contributed by atoms with Gasteiger partial charge in [0.2, 0.25) is 5.91 Å². The van der Waals surface area contributed by atoms with Gasteiger partial charge in [-0.3, -0.25) is 14.4 Å². The zero-order chi connectivity index (χ0) is 24.5. The number of ketones is 1. The Hall–Kier alpha value is -3.68. The van der Waals surface area contributed by atoms with Crippen molar-refractivity contribution in [3.05, 3.63) is 71.8 Å². The van der Waals surface area contributed by atoms with Gasteiger partial charge in [0.05, 0.1) is 12.6 Å². The molecule has 0 aliphatic carbocycles. The molecule has 1 fully saturated rings. The van der Waals surface area contributed by atoms with Crippen molar-refractivity contribution in [3.63, 3.8) is 0 Å². The van der Waals surface area contributed by atoms with Gasteiger partial charge in [-0.05, 0) is 36.5 Å². The average Bonchev–Trinajstić information content (AvgIpc) is 2.84. The smallest absolute Gasteiger partial charge is 0.408 e. The summed E-state index contributed by atoms with van der Waals surface area (Å²) in [5.74, 6) is -0.754. The minimum Gasteiger partial charge on any atom is -0.445 e. The summed E-state index contributed by atoms with van der Waals surface area (Å²) in [5.41, 5.74) is 1.36. The maximum atomic E-state index is 12.9. The third kappa shape index (κ3) is 7.16. The van der Waals surface area contributed by atoms with E-state index in [1.54, 1.807) is 24.3 Å². The fourth-order valence-corrected chi connectivity index (χ4v) is 3.79. The molecule has 0 bridgehead atoms. The number of nitrogens with one attached hydrogen (secondary N) is 2.